The topological polar surface area (TPSA) is 66.4 Å². The van der Waals surface area contributed by atoms with Crippen molar-refractivity contribution < 1.29 is 13.5 Å². The Kier molecular flexibility index (Phi) is 3.87. The molecular weight excluding hydrogens is 286 g/mol. The Hall–Kier alpha value is -1.59. The minimum atomic E-state index is -2.83. The predicted octanol–water partition coefficient (Wildman–Crippen LogP) is 2.21. The molecule has 1 fully saturated rings. The van der Waals surface area contributed by atoms with E-state index in [1.807, 2.05) is 30.3 Å². The number of hydrogen-bond acceptors (Lipinski definition) is 4. The molecule has 0 aromatic heterocycles. The van der Waals surface area contributed by atoms with E-state index < -0.39 is 9.84 Å². The molecule has 5 heteroatoms. The summed E-state index contributed by atoms with van der Waals surface area (Å²) in [5.74, 6) is 0.794. The molecule has 2 N–H and O–H groups in total. The van der Waals surface area contributed by atoms with Gasteiger partial charge in [0.05, 0.1) is 11.5 Å². The summed E-state index contributed by atoms with van der Waals surface area (Å²) < 4.78 is 22.9. The van der Waals surface area contributed by atoms with E-state index in [1.54, 1.807) is 6.07 Å². The van der Waals surface area contributed by atoms with Crippen LogP contribution in [-0.4, -0.2) is 31.1 Å². The molecule has 0 saturated carbocycles. The highest BCUT2D eigenvalue weighted by Gasteiger charge is 2.23. The summed E-state index contributed by atoms with van der Waals surface area (Å²) in [6, 6.07) is 11.8. The molecular formula is C16H19NO3S. The SMILES string of the molecule is O=S1(=O)CCC(NCc2c(O)ccc3ccccc23)CC1. The van der Waals surface area contributed by atoms with Crippen molar-refractivity contribution in [2.24, 2.45) is 0 Å². The van der Waals surface area contributed by atoms with E-state index in [0.717, 1.165) is 16.3 Å². The van der Waals surface area contributed by atoms with Crippen LogP contribution in [0.25, 0.3) is 10.8 Å². The van der Waals surface area contributed by atoms with Crippen LogP contribution in [0.4, 0.5) is 0 Å². The van der Waals surface area contributed by atoms with Gasteiger partial charge in [-0.2, -0.15) is 0 Å². The maximum Gasteiger partial charge on any atom is 0.150 e. The van der Waals surface area contributed by atoms with Gasteiger partial charge in [0, 0.05) is 18.2 Å². The standard InChI is InChI=1S/C16H19NO3S/c18-16-6-5-12-3-1-2-4-14(12)15(16)11-17-13-7-9-21(19,20)10-8-13/h1-6,13,17-18H,7-11H2. The van der Waals surface area contributed by atoms with Crippen molar-refractivity contribution in [3.05, 3.63) is 42.0 Å². The van der Waals surface area contributed by atoms with E-state index in [-0.39, 0.29) is 23.3 Å². The van der Waals surface area contributed by atoms with Crippen molar-refractivity contribution in [2.75, 3.05) is 11.5 Å². The molecule has 112 valence electrons. The Labute approximate surface area is 124 Å². The van der Waals surface area contributed by atoms with Gasteiger partial charge in [0.25, 0.3) is 0 Å². The fourth-order valence-corrected chi connectivity index (χ4v) is 4.34. The summed E-state index contributed by atoms with van der Waals surface area (Å²) >= 11 is 0. The summed E-state index contributed by atoms with van der Waals surface area (Å²) in [7, 11) is -2.83. The number of hydrogen-bond donors (Lipinski definition) is 2. The van der Waals surface area contributed by atoms with Gasteiger partial charge in [0.2, 0.25) is 0 Å². The zero-order valence-corrected chi connectivity index (χ0v) is 12.6. The maximum atomic E-state index is 11.4. The first kappa shape index (κ1) is 14.4. The van der Waals surface area contributed by atoms with Crippen LogP contribution in [0, 0.1) is 0 Å². The lowest BCUT2D eigenvalue weighted by Gasteiger charge is -2.23. The molecule has 4 nitrogen and oxygen atoms in total. The second kappa shape index (κ2) is 5.66. The second-order valence-corrected chi connectivity index (χ2v) is 7.90. The number of phenolic OH excluding ortho intramolecular Hbond substituents is 1. The van der Waals surface area contributed by atoms with Gasteiger partial charge in [0.1, 0.15) is 15.6 Å². The molecule has 0 spiro atoms. The van der Waals surface area contributed by atoms with E-state index in [9.17, 15) is 13.5 Å². The van der Waals surface area contributed by atoms with Crippen molar-refractivity contribution in [3.8, 4) is 5.75 Å². The summed E-state index contributed by atoms with van der Waals surface area (Å²) in [6.45, 7) is 0.553. The van der Waals surface area contributed by atoms with Crippen LogP contribution in [0.15, 0.2) is 36.4 Å². The number of nitrogens with one attached hydrogen (secondary N) is 1. The highest BCUT2D eigenvalue weighted by Crippen LogP contribution is 2.27. The minimum absolute atomic E-state index is 0.201. The Bertz CT molecular complexity index is 741. The van der Waals surface area contributed by atoms with Crippen molar-refractivity contribution >= 4 is 20.6 Å². The molecule has 1 heterocycles. The molecule has 0 bridgehead atoms. The largest absolute Gasteiger partial charge is 0.508 e. The molecule has 1 aliphatic heterocycles. The third-order valence-corrected chi connectivity index (χ3v) is 5.85. The lowest BCUT2D eigenvalue weighted by molar-refractivity contribution is 0.442. The molecule has 0 atom stereocenters. The Morgan fingerprint density at radius 1 is 1.10 bits per heavy atom. The van der Waals surface area contributed by atoms with Crippen LogP contribution in [0.2, 0.25) is 0 Å². The molecule has 21 heavy (non-hydrogen) atoms. The first-order valence-electron chi connectivity index (χ1n) is 7.18. The van der Waals surface area contributed by atoms with E-state index in [4.69, 9.17) is 0 Å². The zero-order chi connectivity index (χ0) is 14.9. The molecule has 0 aliphatic carbocycles. The van der Waals surface area contributed by atoms with Gasteiger partial charge in [-0.3, -0.25) is 0 Å². The van der Waals surface area contributed by atoms with Crippen LogP contribution < -0.4 is 5.32 Å². The van der Waals surface area contributed by atoms with Crippen LogP contribution >= 0.6 is 0 Å². The van der Waals surface area contributed by atoms with E-state index in [1.165, 1.54) is 0 Å². The van der Waals surface area contributed by atoms with Crippen LogP contribution in [0.3, 0.4) is 0 Å². The molecule has 2 aromatic carbocycles. The Morgan fingerprint density at radius 2 is 1.81 bits per heavy atom. The number of phenols is 1. The van der Waals surface area contributed by atoms with Gasteiger partial charge in [-0.25, -0.2) is 8.42 Å². The van der Waals surface area contributed by atoms with E-state index in [0.29, 0.717) is 19.4 Å². The molecule has 2 aromatic rings. The fourth-order valence-electron chi connectivity index (χ4n) is 2.85. The second-order valence-electron chi connectivity index (χ2n) is 5.59. The third kappa shape index (κ3) is 3.19. The first-order chi connectivity index (χ1) is 10.1. The highest BCUT2D eigenvalue weighted by molar-refractivity contribution is 7.91. The highest BCUT2D eigenvalue weighted by atomic mass is 32.2. The van der Waals surface area contributed by atoms with Crippen molar-refractivity contribution in [1.82, 2.24) is 5.32 Å². The molecule has 0 unspecified atom stereocenters. The lowest BCUT2D eigenvalue weighted by atomic mass is 10.0. The van der Waals surface area contributed by atoms with Gasteiger partial charge < -0.3 is 10.4 Å². The summed E-state index contributed by atoms with van der Waals surface area (Å²) in [5, 5.41) is 15.6. The molecule has 0 radical (unpaired) electrons. The average Bonchev–Trinajstić information content (AvgIpc) is 2.47. The summed E-state index contributed by atoms with van der Waals surface area (Å²) in [5.41, 5.74) is 0.876. The van der Waals surface area contributed by atoms with E-state index >= 15 is 0 Å². The third-order valence-electron chi connectivity index (χ3n) is 4.14. The summed E-state index contributed by atoms with van der Waals surface area (Å²) in [6.07, 6.45) is 1.29. The molecule has 1 aliphatic rings. The van der Waals surface area contributed by atoms with Crippen LogP contribution in [0.5, 0.6) is 5.75 Å². The van der Waals surface area contributed by atoms with Crippen molar-refractivity contribution in [1.29, 1.82) is 0 Å². The molecule has 0 amide bonds. The van der Waals surface area contributed by atoms with Crippen molar-refractivity contribution in [2.45, 2.75) is 25.4 Å². The van der Waals surface area contributed by atoms with Gasteiger partial charge in [0.15, 0.2) is 0 Å². The monoisotopic (exact) mass is 305 g/mol. The molecule has 1 saturated heterocycles. The number of aromatic hydroxyl groups is 1. The predicted molar refractivity (Wildman–Crippen MR) is 84.1 cm³/mol. The average molecular weight is 305 g/mol. The van der Waals surface area contributed by atoms with E-state index in [2.05, 4.69) is 5.32 Å². The van der Waals surface area contributed by atoms with Crippen LogP contribution in [0.1, 0.15) is 18.4 Å². The zero-order valence-electron chi connectivity index (χ0n) is 11.7. The Balaban J connectivity index is 1.75. The minimum Gasteiger partial charge on any atom is -0.508 e. The lowest BCUT2D eigenvalue weighted by Crippen LogP contribution is -2.37. The fraction of sp³-hybridized carbons (Fsp3) is 0.375. The maximum absolute atomic E-state index is 11.4. The number of fused-ring (bicyclic) bond motifs is 1. The van der Waals surface area contributed by atoms with Crippen LogP contribution in [-0.2, 0) is 16.4 Å². The number of rotatable bonds is 3. The quantitative estimate of drug-likeness (QED) is 0.912. The molecule has 3 rings (SSSR count). The first-order valence-corrected chi connectivity index (χ1v) is 9.01. The normalized spacial score (nSPS) is 18.9. The number of benzene rings is 2. The van der Waals surface area contributed by atoms with Crippen molar-refractivity contribution in [3.63, 3.8) is 0 Å². The number of sulfone groups is 1. The van der Waals surface area contributed by atoms with Gasteiger partial charge >= 0.3 is 0 Å². The van der Waals surface area contributed by atoms with Gasteiger partial charge in [-0.15, -0.1) is 0 Å². The Morgan fingerprint density at radius 3 is 2.57 bits per heavy atom. The van der Waals surface area contributed by atoms with Gasteiger partial charge in [-0.05, 0) is 29.7 Å². The summed E-state index contributed by atoms with van der Waals surface area (Å²) in [4.78, 5) is 0. The smallest absolute Gasteiger partial charge is 0.150 e. The van der Waals surface area contributed by atoms with Gasteiger partial charge in [-0.1, -0.05) is 30.3 Å².